The number of rotatable bonds is 5. The average Bonchev–Trinajstić information content (AvgIpc) is 3.10. The number of fused-ring (bicyclic) bond motifs is 3. The standard InChI is InChI=1S/C28H24F3N5O5S/c1-15(29)18-9-22-27(33-13-18)36(5-7-40-22)25-3-2-16-12-32-19(11-21(16)35-25)14-34-28(37)17-8-20(30)26-23(10-17)42(38,39)24(31)4-6-41-26/h2-3,8-13,15,24H,4-7,14H2,1H3,(H,34,37)/t15-,24+/m0/s1. The molecule has 14 heteroatoms. The van der Waals surface area contributed by atoms with Crippen LogP contribution in [0.5, 0.6) is 11.5 Å². The second kappa shape index (κ2) is 10.7. The molecule has 218 valence electrons. The molecule has 0 fully saturated rings. The lowest BCUT2D eigenvalue weighted by Crippen LogP contribution is -2.30. The highest BCUT2D eigenvalue weighted by Crippen LogP contribution is 2.37. The topological polar surface area (TPSA) is 124 Å². The van der Waals surface area contributed by atoms with Crippen LogP contribution in [-0.4, -0.2) is 54.5 Å². The Morgan fingerprint density at radius 2 is 1.98 bits per heavy atom. The van der Waals surface area contributed by atoms with Crippen LogP contribution in [-0.2, 0) is 16.4 Å². The Balaban J connectivity index is 1.23. The molecule has 1 amide bonds. The van der Waals surface area contributed by atoms with Crippen LogP contribution in [0.2, 0.25) is 0 Å². The molecule has 0 radical (unpaired) electrons. The van der Waals surface area contributed by atoms with Crippen molar-refractivity contribution in [2.75, 3.05) is 24.7 Å². The Labute approximate surface area is 238 Å². The van der Waals surface area contributed by atoms with E-state index >= 15 is 0 Å². The van der Waals surface area contributed by atoms with Gasteiger partial charge in [0.25, 0.3) is 5.91 Å². The molecular formula is C28H24F3N5O5S. The summed E-state index contributed by atoms with van der Waals surface area (Å²) in [7, 11) is -4.53. The van der Waals surface area contributed by atoms with Crippen molar-refractivity contribution in [1.29, 1.82) is 0 Å². The number of benzene rings is 1. The first-order valence-corrected chi connectivity index (χ1v) is 14.6. The Hall–Kier alpha value is -4.46. The number of nitrogens with zero attached hydrogens (tertiary/aromatic N) is 4. The lowest BCUT2D eigenvalue weighted by molar-refractivity contribution is 0.0949. The summed E-state index contributed by atoms with van der Waals surface area (Å²) in [6.45, 7) is 1.86. The van der Waals surface area contributed by atoms with Crippen LogP contribution < -0.4 is 19.7 Å². The summed E-state index contributed by atoms with van der Waals surface area (Å²) >= 11 is 0. The predicted molar refractivity (Wildman–Crippen MR) is 146 cm³/mol. The third-order valence-corrected chi connectivity index (χ3v) is 8.80. The normalized spacial score (nSPS) is 18.2. The molecule has 1 aromatic carbocycles. The van der Waals surface area contributed by atoms with E-state index in [4.69, 9.17) is 14.5 Å². The monoisotopic (exact) mass is 599 g/mol. The smallest absolute Gasteiger partial charge is 0.251 e. The number of pyridine rings is 3. The van der Waals surface area contributed by atoms with E-state index in [9.17, 15) is 26.4 Å². The maximum atomic E-state index is 14.7. The van der Waals surface area contributed by atoms with Gasteiger partial charge in [0, 0.05) is 35.3 Å². The molecule has 1 N–H and O–H groups in total. The van der Waals surface area contributed by atoms with Gasteiger partial charge < -0.3 is 19.7 Å². The number of hydrogen-bond donors (Lipinski definition) is 1. The maximum Gasteiger partial charge on any atom is 0.251 e. The number of hydrogen-bond acceptors (Lipinski definition) is 9. The number of carbonyl (C=O) groups is 1. The summed E-state index contributed by atoms with van der Waals surface area (Å²) in [6, 6.07) is 8.69. The molecule has 0 saturated carbocycles. The van der Waals surface area contributed by atoms with Gasteiger partial charge in [-0.1, -0.05) is 0 Å². The molecule has 5 heterocycles. The van der Waals surface area contributed by atoms with Crippen molar-refractivity contribution < 1.29 is 35.9 Å². The van der Waals surface area contributed by atoms with E-state index in [0.29, 0.717) is 47.3 Å². The molecule has 0 saturated heterocycles. The van der Waals surface area contributed by atoms with Crippen molar-refractivity contribution >= 4 is 38.3 Å². The third-order valence-electron chi connectivity index (χ3n) is 6.97. The molecule has 10 nitrogen and oxygen atoms in total. The number of aromatic nitrogens is 3. The van der Waals surface area contributed by atoms with E-state index in [1.54, 1.807) is 24.4 Å². The van der Waals surface area contributed by atoms with Crippen LogP contribution in [0.3, 0.4) is 0 Å². The molecule has 0 unspecified atom stereocenters. The highest BCUT2D eigenvalue weighted by atomic mass is 32.2. The molecule has 6 rings (SSSR count). The van der Waals surface area contributed by atoms with Crippen LogP contribution in [0.25, 0.3) is 10.9 Å². The molecule has 4 aromatic rings. The van der Waals surface area contributed by atoms with E-state index in [0.717, 1.165) is 17.5 Å². The predicted octanol–water partition coefficient (Wildman–Crippen LogP) is 4.51. The minimum Gasteiger partial charge on any atom is -0.489 e. The first kappa shape index (κ1) is 27.7. The minimum atomic E-state index is -4.53. The first-order valence-electron chi connectivity index (χ1n) is 13.0. The molecule has 0 spiro atoms. The van der Waals surface area contributed by atoms with Crippen molar-refractivity contribution in [1.82, 2.24) is 20.3 Å². The van der Waals surface area contributed by atoms with Crippen LogP contribution >= 0.6 is 0 Å². The molecule has 0 bridgehead atoms. The molecule has 2 aliphatic heterocycles. The van der Waals surface area contributed by atoms with Gasteiger partial charge in [0.2, 0.25) is 15.3 Å². The van der Waals surface area contributed by atoms with Crippen molar-refractivity contribution in [2.45, 2.75) is 36.5 Å². The van der Waals surface area contributed by atoms with Crippen LogP contribution in [0.1, 0.15) is 41.1 Å². The van der Waals surface area contributed by atoms with E-state index in [-0.39, 0.29) is 18.7 Å². The summed E-state index contributed by atoms with van der Waals surface area (Å²) in [6.07, 6.45) is 1.41. The SMILES string of the molecule is C[C@H](F)c1cnc2c(c1)OCCN2c1ccc2cnc(CNC(=O)c3cc(F)c4c(c3)S(=O)(=O)[C@@H](F)CCO4)cc2n1. The fraction of sp³-hybridized carbons (Fsp3) is 0.286. The number of sulfone groups is 1. The van der Waals surface area contributed by atoms with Gasteiger partial charge in [-0.3, -0.25) is 9.78 Å². The highest BCUT2D eigenvalue weighted by molar-refractivity contribution is 7.92. The summed E-state index contributed by atoms with van der Waals surface area (Å²) in [4.78, 5) is 27.5. The van der Waals surface area contributed by atoms with Crippen LogP contribution in [0.15, 0.2) is 53.7 Å². The van der Waals surface area contributed by atoms with Crippen molar-refractivity contribution in [2.24, 2.45) is 0 Å². The van der Waals surface area contributed by atoms with Crippen molar-refractivity contribution in [3.05, 3.63) is 71.4 Å². The quantitative estimate of drug-likeness (QED) is 0.353. The summed E-state index contributed by atoms with van der Waals surface area (Å²) < 4.78 is 78.5. The van der Waals surface area contributed by atoms with Gasteiger partial charge in [-0.25, -0.2) is 31.6 Å². The Kier molecular flexibility index (Phi) is 7.09. The van der Waals surface area contributed by atoms with Gasteiger partial charge in [0.1, 0.15) is 23.5 Å². The first-order chi connectivity index (χ1) is 20.1. The number of ether oxygens (including phenoxy) is 2. The fourth-order valence-corrected chi connectivity index (χ4v) is 6.11. The number of alkyl halides is 2. The molecule has 2 aliphatic rings. The van der Waals surface area contributed by atoms with Crippen LogP contribution in [0, 0.1) is 5.82 Å². The van der Waals surface area contributed by atoms with Crippen LogP contribution in [0.4, 0.5) is 24.8 Å². The summed E-state index contributed by atoms with van der Waals surface area (Å²) in [5, 5.41) is 3.31. The number of amides is 1. The van der Waals surface area contributed by atoms with Gasteiger partial charge in [0.15, 0.2) is 23.1 Å². The van der Waals surface area contributed by atoms with E-state index in [1.165, 1.54) is 13.1 Å². The van der Waals surface area contributed by atoms with Gasteiger partial charge >= 0.3 is 0 Å². The number of halogens is 3. The minimum absolute atomic E-state index is 0.0828. The van der Waals surface area contributed by atoms with Gasteiger partial charge in [-0.05, 0) is 43.3 Å². The maximum absolute atomic E-state index is 14.7. The van der Waals surface area contributed by atoms with E-state index in [2.05, 4.69) is 15.3 Å². The highest BCUT2D eigenvalue weighted by Gasteiger charge is 2.35. The van der Waals surface area contributed by atoms with Gasteiger partial charge in [-0.2, -0.15) is 0 Å². The van der Waals surface area contributed by atoms with E-state index < -0.39 is 50.3 Å². The largest absolute Gasteiger partial charge is 0.489 e. The zero-order valence-electron chi connectivity index (χ0n) is 22.2. The second-order valence-corrected chi connectivity index (χ2v) is 11.8. The lowest BCUT2D eigenvalue weighted by Gasteiger charge is -2.29. The molecule has 0 aliphatic carbocycles. The van der Waals surface area contributed by atoms with Gasteiger partial charge in [0.05, 0.1) is 30.9 Å². The summed E-state index contributed by atoms with van der Waals surface area (Å²) in [5.74, 6) is -0.909. The Morgan fingerprint density at radius 1 is 1.14 bits per heavy atom. The molecule has 42 heavy (non-hydrogen) atoms. The third kappa shape index (κ3) is 5.06. The summed E-state index contributed by atoms with van der Waals surface area (Å²) in [5.41, 5.74) is -1.17. The number of nitrogens with one attached hydrogen (secondary N) is 1. The van der Waals surface area contributed by atoms with E-state index in [1.807, 2.05) is 11.0 Å². The molecule has 3 aromatic heterocycles. The zero-order valence-corrected chi connectivity index (χ0v) is 23.0. The van der Waals surface area contributed by atoms with Gasteiger partial charge in [-0.15, -0.1) is 0 Å². The zero-order chi connectivity index (χ0) is 29.6. The Bertz CT molecular complexity index is 1820. The van der Waals surface area contributed by atoms with Crippen molar-refractivity contribution in [3.8, 4) is 11.5 Å². The number of anilines is 2. The lowest BCUT2D eigenvalue weighted by atomic mass is 10.2. The van der Waals surface area contributed by atoms with Crippen molar-refractivity contribution in [3.63, 3.8) is 0 Å². The second-order valence-electron chi connectivity index (χ2n) is 9.80. The molecular weight excluding hydrogens is 575 g/mol. The Morgan fingerprint density at radius 3 is 2.79 bits per heavy atom. The average molecular weight is 600 g/mol. The number of carbonyl (C=O) groups excluding carboxylic acids is 1. The molecule has 2 atom stereocenters. The fourth-order valence-electron chi connectivity index (χ4n) is 4.72.